The number of nitrogens with one attached hydrogen (secondary N) is 1. The first-order valence-corrected chi connectivity index (χ1v) is 6.07. The molecule has 0 aliphatic heterocycles. The summed E-state index contributed by atoms with van der Waals surface area (Å²) in [5.74, 6) is 0.540. The summed E-state index contributed by atoms with van der Waals surface area (Å²) in [7, 11) is 1.76. The smallest absolute Gasteiger partial charge is 0.0693 e. The third kappa shape index (κ3) is 4.09. The van der Waals surface area contributed by atoms with Gasteiger partial charge in [-0.1, -0.05) is 0 Å². The standard InChI is InChI=1S/C12H25NO2/c1-9(10(2)15-3)13-12-6-4-11(8-14)5-7-12/h9-14H,4-8H2,1-3H3. The molecule has 1 aliphatic rings. The van der Waals surface area contributed by atoms with Gasteiger partial charge in [0.25, 0.3) is 0 Å². The van der Waals surface area contributed by atoms with Crippen LogP contribution in [0.3, 0.4) is 0 Å². The molecule has 0 aromatic rings. The molecule has 15 heavy (non-hydrogen) atoms. The Kier molecular flexibility index (Phi) is 5.58. The van der Waals surface area contributed by atoms with E-state index in [1.165, 1.54) is 12.8 Å². The van der Waals surface area contributed by atoms with Gasteiger partial charge in [-0.25, -0.2) is 0 Å². The SMILES string of the molecule is COC(C)C(C)NC1CCC(CO)CC1. The zero-order valence-corrected chi connectivity index (χ0v) is 10.2. The topological polar surface area (TPSA) is 41.5 Å². The van der Waals surface area contributed by atoms with Crippen molar-refractivity contribution in [1.29, 1.82) is 0 Å². The molecule has 90 valence electrons. The minimum Gasteiger partial charge on any atom is -0.396 e. The Balaban J connectivity index is 2.23. The Morgan fingerprint density at radius 3 is 2.33 bits per heavy atom. The largest absolute Gasteiger partial charge is 0.396 e. The molecule has 1 fully saturated rings. The third-order valence-electron chi connectivity index (χ3n) is 3.68. The van der Waals surface area contributed by atoms with E-state index in [9.17, 15) is 0 Å². The number of aliphatic hydroxyl groups is 1. The van der Waals surface area contributed by atoms with E-state index in [0.29, 0.717) is 24.6 Å². The minimum atomic E-state index is 0.264. The van der Waals surface area contributed by atoms with E-state index in [2.05, 4.69) is 19.2 Å². The Morgan fingerprint density at radius 2 is 1.87 bits per heavy atom. The van der Waals surface area contributed by atoms with Gasteiger partial charge in [-0.05, 0) is 45.4 Å². The molecule has 2 unspecified atom stereocenters. The Morgan fingerprint density at radius 1 is 1.27 bits per heavy atom. The highest BCUT2D eigenvalue weighted by Gasteiger charge is 2.22. The quantitative estimate of drug-likeness (QED) is 0.731. The highest BCUT2D eigenvalue weighted by atomic mass is 16.5. The summed E-state index contributed by atoms with van der Waals surface area (Å²) in [5, 5.41) is 12.7. The van der Waals surface area contributed by atoms with Gasteiger partial charge in [0.05, 0.1) is 6.10 Å². The molecule has 2 N–H and O–H groups in total. The Bertz CT molecular complexity index is 167. The molecule has 1 saturated carbocycles. The van der Waals surface area contributed by atoms with Gasteiger partial charge in [0, 0.05) is 25.8 Å². The predicted octanol–water partition coefficient (Wildman–Crippen LogP) is 1.55. The van der Waals surface area contributed by atoms with Crippen molar-refractivity contribution in [3.05, 3.63) is 0 Å². The van der Waals surface area contributed by atoms with Gasteiger partial charge in [-0.2, -0.15) is 0 Å². The van der Waals surface area contributed by atoms with Crippen LogP contribution >= 0.6 is 0 Å². The first kappa shape index (κ1) is 12.9. The summed E-state index contributed by atoms with van der Waals surface area (Å²) in [6, 6.07) is 1.02. The molecule has 0 aromatic carbocycles. The fraction of sp³-hybridized carbons (Fsp3) is 1.00. The van der Waals surface area contributed by atoms with E-state index in [1.807, 2.05) is 0 Å². The molecule has 3 nitrogen and oxygen atoms in total. The van der Waals surface area contributed by atoms with E-state index in [0.717, 1.165) is 12.8 Å². The van der Waals surface area contributed by atoms with Crippen molar-refractivity contribution >= 4 is 0 Å². The maximum atomic E-state index is 9.05. The van der Waals surface area contributed by atoms with Crippen molar-refractivity contribution in [1.82, 2.24) is 5.32 Å². The zero-order chi connectivity index (χ0) is 11.3. The molecular formula is C12H25NO2. The van der Waals surface area contributed by atoms with Gasteiger partial charge in [-0.3, -0.25) is 0 Å². The molecule has 0 radical (unpaired) electrons. The lowest BCUT2D eigenvalue weighted by atomic mass is 9.86. The highest BCUT2D eigenvalue weighted by molar-refractivity contribution is 4.80. The lowest BCUT2D eigenvalue weighted by Gasteiger charge is -2.32. The molecule has 0 bridgehead atoms. The maximum absolute atomic E-state index is 9.05. The van der Waals surface area contributed by atoms with Crippen LogP contribution in [0.2, 0.25) is 0 Å². The van der Waals surface area contributed by atoms with Crippen LogP contribution in [0.1, 0.15) is 39.5 Å². The molecule has 1 aliphatic carbocycles. The van der Waals surface area contributed by atoms with E-state index in [-0.39, 0.29) is 6.10 Å². The zero-order valence-electron chi connectivity index (χ0n) is 10.2. The van der Waals surface area contributed by atoms with Crippen LogP contribution in [-0.4, -0.2) is 37.0 Å². The maximum Gasteiger partial charge on any atom is 0.0693 e. The number of methoxy groups -OCH3 is 1. The number of aliphatic hydroxyl groups excluding tert-OH is 1. The molecule has 0 aromatic heterocycles. The van der Waals surface area contributed by atoms with Crippen molar-refractivity contribution < 1.29 is 9.84 Å². The van der Waals surface area contributed by atoms with E-state index < -0.39 is 0 Å². The second-order valence-corrected chi connectivity index (χ2v) is 4.80. The summed E-state index contributed by atoms with van der Waals surface area (Å²) in [4.78, 5) is 0. The number of ether oxygens (including phenoxy) is 1. The van der Waals surface area contributed by atoms with E-state index in [1.54, 1.807) is 7.11 Å². The molecule has 2 atom stereocenters. The van der Waals surface area contributed by atoms with Crippen LogP contribution in [-0.2, 0) is 4.74 Å². The first-order chi connectivity index (χ1) is 7.17. The van der Waals surface area contributed by atoms with E-state index in [4.69, 9.17) is 9.84 Å². The van der Waals surface area contributed by atoms with Gasteiger partial charge in [-0.15, -0.1) is 0 Å². The first-order valence-electron chi connectivity index (χ1n) is 6.07. The second kappa shape index (κ2) is 6.46. The Labute approximate surface area is 93.2 Å². The molecular weight excluding hydrogens is 190 g/mol. The minimum absolute atomic E-state index is 0.264. The molecule has 0 amide bonds. The van der Waals surface area contributed by atoms with Crippen molar-refractivity contribution in [2.45, 2.75) is 57.7 Å². The van der Waals surface area contributed by atoms with Crippen LogP contribution in [0.15, 0.2) is 0 Å². The van der Waals surface area contributed by atoms with Gasteiger partial charge in [0.15, 0.2) is 0 Å². The average Bonchev–Trinajstić information content (AvgIpc) is 2.29. The van der Waals surface area contributed by atoms with Gasteiger partial charge in [0.1, 0.15) is 0 Å². The molecule has 3 heteroatoms. The monoisotopic (exact) mass is 215 g/mol. The van der Waals surface area contributed by atoms with Crippen molar-refractivity contribution in [3.8, 4) is 0 Å². The number of hydrogen-bond donors (Lipinski definition) is 2. The summed E-state index contributed by atoms with van der Waals surface area (Å²) in [5.41, 5.74) is 0. The number of hydrogen-bond acceptors (Lipinski definition) is 3. The molecule has 0 heterocycles. The van der Waals surface area contributed by atoms with Crippen LogP contribution in [0.5, 0.6) is 0 Å². The summed E-state index contributed by atoms with van der Waals surface area (Å²) in [6.45, 7) is 4.63. The molecule has 0 spiro atoms. The normalized spacial score (nSPS) is 31.2. The molecule has 1 rings (SSSR count). The van der Waals surface area contributed by atoms with Crippen LogP contribution in [0.4, 0.5) is 0 Å². The van der Waals surface area contributed by atoms with Crippen LogP contribution in [0.25, 0.3) is 0 Å². The van der Waals surface area contributed by atoms with Gasteiger partial charge >= 0.3 is 0 Å². The fourth-order valence-electron chi connectivity index (χ4n) is 2.22. The van der Waals surface area contributed by atoms with Crippen LogP contribution in [0, 0.1) is 5.92 Å². The highest BCUT2D eigenvalue weighted by Crippen LogP contribution is 2.24. The predicted molar refractivity (Wildman–Crippen MR) is 61.9 cm³/mol. The lowest BCUT2D eigenvalue weighted by Crippen LogP contribution is -2.44. The fourth-order valence-corrected chi connectivity index (χ4v) is 2.22. The van der Waals surface area contributed by atoms with Gasteiger partial charge in [0.2, 0.25) is 0 Å². The third-order valence-corrected chi connectivity index (χ3v) is 3.68. The van der Waals surface area contributed by atoms with Gasteiger partial charge < -0.3 is 15.2 Å². The second-order valence-electron chi connectivity index (χ2n) is 4.80. The van der Waals surface area contributed by atoms with Crippen LogP contribution < -0.4 is 5.32 Å². The summed E-state index contributed by atoms with van der Waals surface area (Å²) < 4.78 is 5.29. The average molecular weight is 215 g/mol. The molecule has 0 saturated heterocycles. The Hall–Kier alpha value is -0.120. The summed E-state index contributed by atoms with van der Waals surface area (Å²) in [6.07, 6.45) is 4.95. The summed E-state index contributed by atoms with van der Waals surface area (Å²) >= 11 is 0. The van der Waals surface area contributed by atoms with E-state index >= 15 is 0 Å². The van der Waals surface area contributed by atoms with Crippen molar-refractivity contribution in [3.63, 3.8) is 0 Å². The number of rotatable bonds is 5. The van der Waals surface area contributed by atoms with Crippen molar-refractivity contribution in [2.75, 3.05) is 13.7 Å². The van der Waals surface area contributed by atoms with Crippen molar-refractivity contribution in [2.24, 2.45) is 5.92 Å². The lowest BCUT2D eigenvalue weighted by molar-refractivity contribution is 0.0788.